The predicted octanol–water partition coefficient (Wildman–Crippen LogP) is 4.10. The molecule has 1 heterocycles. The monoisotopic (exact) mass is 213 g/mol. The number of nitrogens with one attached hydrogen (secondary N) is 1. The first-order valence-electron chi connectivity index (χ1n) is 6.06. The van der Waals surface area contributed by atoms with Gasteiger partial charge in [0.25, 0.3) is 0 Å². The number of H-pyrrole nitrogens is 1. The van der Waals surface area contributed by atoms with Crippen LogP contribution in [0.25, 0.3) is 10.9 Å². The molecule has 3 rings (SSSR count). The number of hydrogen-bond donors (Lipinski definition) is 1. The molecule has 0 aliphatic heterocycles. The van der Waals surface area contributed by atoms with Crippen molar-refractivity contribution in [2.45, 2.75) is 33.1 Å². The number of para-hydroxylation sites is 1. The van der Waals surface area contributed by atoms with Gasteiger partial charge >= 0.3 is 0 Å². The third kappa shape index (κ3) is 0.922. The van der Waals surface area contributed by atoms with Crippen LogP contribution in [-0.2, 0) is 5.41 Å². The maximum atomic E-state index is 3.39. The third-order valence-electron chi connectivity index (χ3n) is 5.35. The van der Waals surface area contributed by atoms with Crippen LogP contribution in [0.2, 0.25) is 0 Å². The fraction of sp³-hybridized carbons (Fsp3) is 0.467. The molecule has 0 radical (unpaired) electrons. The number of rotatable bonds is 1. The van der Waals surface area contributed by atoms with Crippen molar-refractivity contribution >= 4 is 10.9 Å². The normalized spacial score (nSPS) is 31.9. The highest BCUT2D eigenvalue weighted by Gasteiger charge is 2.66. The van der Waals surface area contributed by atoms with Gasteiger partial charge in [-0.25, -0.2) is 0 Å². The molecule has 84 valence electrons. The van der Waals surface area contributed by atoms with Gasteiger partial charge in [0.05, 0.1) is 0 Å². The minimum Gasteiger partial charge on any atom is -0.361 e. The molecule has 1 aromatic heterocycles. The van der Waals surface area contributed by atoms with Gasteiger partial charge in [0.1, 0.15) is 0 Å². The van der Waals surface area contributed by atoms with E-state index < -0.39 is 0 Å². The molecule has 1 fully saturated rings. The van der Waals surface area contributed by atoms with Gasteiger partial charge in [-0.3, -0.25) is 0 Å². The van der Waals surface area contributed by atoms with Crippen LogP contribution in [0.4, 0.5) is 0 Å². The number of hydrogen-bond acceptors (Lipinski definition) is 0. The Balaban J connectivity index is 2.22. The lowest BCUT2D eigenvalue weighted by molar-refractivity contribution is 0.524. The Morgan fingerprint density at radius 1 is 1.12 bits per heavy atom. The van der Waals surface area contributed by atoms with Crippen LogP contribution >= 0.6 is 0 Å². The Hall–Kier alpha value is -1.24. The highest BCUT2D eigenvalue weighted by molar-refractivity contribution is 5.85. The third-order valence-corrected chi connectivity index (χ3v) is 5.35. The summed E-state index contributed by atoms with van der Waals surface area (Å²) in [5.41, 5.74) is 3.49. The van der Waals surface area contributed by atoms with Gasteiger partial charge in [-0.2, -0.15) is 0 Å². The minimum absolute atomic E-state index is 0.326. The Morgan fingerprint density at radius 3 is 2.38 bits per heavy atom. The Morgan fingerprint density at radius 2 is 1.75 bits per heavy atom. The van der Waals surface area contributed by atoms with Crippen molar-refractivity contribution in [1.82, 2.24) is 4.98 Å². The number of aromatic amines is 1. The minimum atomic E-state index is 0.326. The van der Waals surface area contributed by atoms with Crippen molar-refractivity contribution in [3.05, 3.63) is 36.0 Å². The van der Waals surface area contributed by atoms with Crippen LogP contribution < -0.4 is 0 Å². The van der Waals surface area contributed by atoms with Crippen molar-refractivity contribution in [1.29, 1.82) is 0 Å². The van der Waals surface area contributed by atoms with E-state index in [9.17, 15) is 0 Å². The van der Waals surface area contributed by atoms with E-state index in [1.165, 1.54) is 16.5 Å². The standard InChI is InChI=1S/C15H19N/c1-10-14(2,3)15(10,4)12-9-16-13-8-6-5-7-11(12)13/h5-10,16H,1-4H3. The summed E-state index contributed by atoms with van der Waals surface area (Å²) in [5.74, 6) is 0.749. The molecule has 1 aliphatic rings. The largest absolute Gasteiger partial charge is 0.361 e. The number of fused-ring (bicyclic) bond motifs is 1. The van der Waals surface area contributed by atoms with Gasteiger partial charge in [-0.05, 0) is 23.0 Å². The predicted molar refractivity (Wildman–Crippen MR) is 68.6 cm³/mol. The molecule has 1 aliphatic carbocycles. The second kappa shape index (κ2) is 2.71. The van der Waals surface area contributed by atoms with Crippen LogP contribution in [0, 0.1) is 11.3 Å². The van der Waals surface area contributed by atoms with E-state index in [2.05, 4.69) is 63.1 Å². The van der Waals surface area contributed by atoms with Gasteiger partial charge in [0, 0.05) is 22.5 Å². The highest BCUT2D eigenvalue weighted by Crippen LogP contribution is 2.69. The van der Waals surface area contributed by atoms with Crippen LogP contribution in [0.1, 0.15) is 33.3 Å². The Labute approximate surface area is 96.9 Å². The lowest BCUT2D eigenvalue weighted by atomic mass is 9.89. The molecule has 1 N–H and O–H groups in total. The maximum absolute atomic E-state index is 3.39. The summed E-state index contributed by atoms with van der Waals surface area (Å²) >= 11 is 0. The second-order valence-corrected chi connectivity index (χ2v) is 5.89. The van der Waals surface area contributed by atoms with Crippen LogP contribution in [0.15, 0.2) is 30.5 Å². The average molecular weight is 213 g/mol. The quantitative estimate of drug-likeness (QED) is 0.734. The van der Waals surface area contributed by atoms with E-state index >= 15 is 0 Å². The Kier molecular flexibility index (Phi) is 1.68. The van der Waals surface area contributed by atoms with E-state index in [1.54, 1.807) is 0 Å². The molecule has 16 heavy (non-hydrogen) atoms. The van der Waals surface area contributed by atoms with Gasteiger partial charge in [0.15, 0.2) is 0 Å². The summed E-state index contributed by atoms with van der Waals surface area (Å²) in [4.78, 5) is 3.39. The molecule has 0 amide bonds. The fourth-order valence-electron chi connectivity index (χ4n) is 3.36. The molecular formula is C15H19N. The summed E-state index contributed by atoms with van der Waals surface area (Å²) in [5, 5.41) is 1.39. The van der Waals surface area contributed by atoms with E-state index in [-0.39, 0.29) is 0 Å². The smallest absolute Gasteiger partial charge is 0.0457 e. The average Bonchev–Trinajstić information content (AvgIpc) is 2.67. The topological polar surface area (TPSA) is 15.8 Å². The van der Waals surface area contributed by atoms with Crippen molar-refractivity contribution in [3.63, 3.8) is 0 Å². The number of aromatic nitrogens is 1. The first-order chi connectivity index (χ1) is 7.49. The van der Waals surface area contributed by atoms with E-state index in [1.807, 2.05) is 0 Å². The molecule has 2 atom stereocenters. The van der Waals surface area contributed by atoms with Crippen molar-refractivity contribution < 1.29 is 0 Å². The lowest BCUT2D eigenvalue weighted by Crippen LogP contribution is -2.08. The second-order valence-electron chi connectivity index (χ2n) is 5.89. The molecular weight excluding hydrogens is 194 g/mol. The molecule has 0 bridgehead atoms. The Bertz CT molecular complexity index is 549. The zero-order valence-electron chi connectivity index (χ0n) is 10.5. The summed E-state index contributed by atoms with van der Waals surface area (Å²) in [6.07, 6.45) is 2.20. The lowest BCUT2D eigenvalue weighted by Gasteiger charge is -2.13. The molecule has 2 aromatic rings. The summed E-state index contributed by atoms with van der Waals surface area (Å²) in [6.45, 7) is 9.51. The molecule has 1 aromatic carbocycles. The summed E-state index contributed by atoms with van der Waals surface area (Å²) in [7, 11) is 0. The van der Waals surface area contributed by atoms with Crippen LogP contribution in [-0.4, -0.2) is 4.98 Å². The number of benzene rings is 1. The van der Waals surface area contributed by atoms with Gasteiger partial charge in [-0.15, -0.1) is 0 Å². The molecule has 2 unspecified atom stereocenters. The van der Waals surface area contributed by atoms with Gasteiger partial charge in [0.2, 0.25) is 0 Å². The molecule has 0 spiro atoms. The van der Waals surface area contributed by atoms with Crippen LogP contribution in [0.3, 0.4) is 0 Å². The summed E-state index contributed by atoms with van der Waals surface area (Å²) in [6, 6.07) is 8.60. The molecule has 1 heteroatoms. The highest BCUT2D eigenvalue weighted by atomic mass is 14.7. The fourth-order valence-corrected chi connectivity index (χ4v) is 3.36. The van der Waals surface area contributed by atoms with Gasteiger partial charge < -0.3 is 4.98 Å². The molecule has 1 nitrogen and oxygen atoms in total. The molecule has 0 saturated heterocycles. The van der Waals surface area contributed by atoms with Crippen molar-refractivity contribution in [2.75, 3.05) is 0 Å². The molecule has 1 saturated carbocycles. The van der Waals surface area contributed by atoms with E-state index in [0.29, 0.717) is 10.8 Å². The van der Waals surface area contributed by atoms with Crippen molar-refractivity contribution in [2.24, 2.45) is 11.3 Å². The zero-order chi connectivity index (χ0) is 11.6. The van der Waals surface area contributed by atoms with E-state index in [0.717, 1.165) is 5.92 Å². The first kappa shape index (κ1) is 9.95. The maximum Gasteiger partial charge on any atom is 0.0457 e. The SMILES string of the molecule is CC1C(C)(C)C1(C)c1c[nH]c2ccccc12. The first-order valence-corrected chi connectivity index (χ1v) is 6.06. The van der Waals surface area contributed by atoms with E-state index in [4.69, 9.17) is 0 Å². The van der Waals surface area contributed by atoms with Gasteiger partial charge in [-0.1, -0.05) is 45.9 Å². The zero-order valence-corrected chi connectivity index (χ0v) is 10.5. The van der Waals surface area contributed by atoms with Crippen molar-refractivity contribution in [3.8, 4) is 0 Å². The van der Waals surface area contributed by atoms with Crippen LogP contribution in [0.5, 0.6) is 0 Å². The summed E-state index contributed by atoms with van der Waals surface area (Å²) < 4.78 is 0.